The van der Waals surface area contributed by atoms with Crippen LogP contribution < -0.4 is 17.1 Å². The first-order chi connectivity index (χ1) is 13.9. The molecule has 0 spiro atoms. The van der Waals surface area contributed by atoms with E-state index in [1.54, 1.807) is 18.2 Å². The summed E-state index contributed by atoms with van der Waals surface area (Å²) < 4.78 is 4.69. The number of halogens is 2. The van der Waals surface area contributed by atoms with Crippen LogP contribution in [-0.2, 0) is 0 Å². The summed E-state index contributed by atoms with van der Waals surface area (Å²) in [6.45, 7) is 0. The Morgan fingerprint density at radius 1 is 0.724 bits per heavy atom. The number of fused-ring (bicyclic) bond motifs is 2. The lowest BCUT2D eigenvalue weighted by molar-refractivity contribution is 0.992. The number of benzene rings is 3. The van der Waals surface area contributed by atoms with Crippen molar-refractivity contribution in [2.24, 2.45) is 0 Å². The third kappa shape index (κ3) is 2.77. The van der Waals surface area contributed by atoms with E-state index in [0.29, 0.717) is 39.1 Å². The minimum Gasteiger partial charge on any atom is -0.395 e. The van der Waals surface area contributed by atoms with Crippen LogP contribution in [0.3, 0.4) is 0 Å². The number of nitrogen functional groups attached to an aromatic ring is 1. The van der Waals surface area contributed by atoms with Crippen molar-refractivity contribution in [1.82, 2.24) is 19.1 Å². The monoisotopic (exact) mass is 513 g/mol. The third-order valence-corrected chi connectivity index (χ3v) is 5.82. The van der Waals surface area contributed by atoms with Gasteiger partial charge < -0.3 is 15.7 Å². The van der Waals surface area contributed by atoms with E-state index < -0.39 is 0 Å². The Hall–Kier alpha value is -3.04. The summed E-state index contributed by atoms with van der Waals surface area (Å²) in [5.41, 5.74) is 9.92. The second-order valence-electron chi connectivity index (χ2n) is 6.56. The van der Waals surface area contributed by atoms with Gasteiger partial charge in [-0.3, -0.25) is 9.13 Å². The topological polar surface area (TPSA) is 102 Å². The highest BCUT2D eigenvalue weighted by Gasteiger charge is 2.17. The molecule has 5 aromatic rings. The molecule has 2 aromatic heterocycles. The van der Waals surface area contributed by atoms with Crippen LogP contribution >= 0.6 is 31.9 Å². The fourth-order valence-electron chi connectivity index (χ4n) is 3.56. The van der Waals surface area contributed by atoms with Gasteiger partial charge in [0.25, 0.3) is 0 Å². The maximum Gasteiger partial charge on any atom is 0.331 e. The molecule has 0 saturated carbocycles. The molecule has 0 radical (unpaired) electrons. The number of H-pyrrole nitrogens is 2. The molecule has 0 bridgehead atoms. The van der Waals surface area contributed by atoms with Crippen LogP contribution in [0.15, 0.2) is 73.1 Å². The summed E-state index contributed by atoms with van der Waals surface area (Å²) in [6.07, 6.45) is 0. The Morgan fingerprint density at radius 3 is 1.62 bits per heavy atom. The smallest absolute Gasteiger partial charge is 0.331 e. The van der Waals surface area contributed by atoms with E-state index in [4.69, 9.17) is 5.73 Å². The van der Waals surface area contributed by atoms with Crippen LogP contribution in [0.2, 0.25) is 0 Å². The number of anilines is 1. The zero-order valence-electron chi connectivity index (χ0n) is 14.7. The molecule has 29 heavy (non-hydrogen) atoms. The number of nitrogens with one attached hydrogen (secondary N) is 2. The van der Waals surface area contributed by atoms with Crippen molar-refractivity contribution in [2.75, 3.05) is 5.73 Å². The van der Waals surface area contributed by atoms with E-state index in [2.05, 4.69) is 41.8 Å². The lowest BCUT2D eigenvalue weighted by Gasteiger charge is -2.13. The van der Waals surface area contributed by atoms with Gasteiger partial charge in [-0.05, 0) is 48.5 Å². The van der Waals surface area contributed by atoms with Crippen molar-refractivity contribution in [2.45, 2.75) is 0 Å². The fraction of sp³-hybridized carbons (Fsp3) is 0. The van der Waals surface area contributed by atoms with Gasteiger partial charge in [0, 0.05) is 8.95 Å². The maximum absolute atomic E-state index is 12.7. The quantitative estimate of drug-likeness (QED) is 0.309. The highest BCUT2D eigenvalue weighted by Crippen LogP contribution is 2.29. The van der Waals surface area contributed by atoms with Crippen LogP contribution in [-0.4, -0.2) is 19.1 Å². The van der Waals surface area contributed by atoms with Gasteiger partial charge in [0.15, 0.2) is 0 Å². The molecule has 0 amide bonds. The zero-order valence-corrected chi connectivity index (χ0v) is 17.9. The molecule has 4 N–H and O–H groups in total. The molecule has 0 saturated heterocycles. The molecule has 0 aliphatic heterocycles. The van der Waals surface area contributed by atoms with Gasteiger partial charge in [-0.1, -0.05) is 37.9 Å². The Morgan fingerprint density at radius 2 is 1.17 bits per heavy atom. The first-order valence-corrected chi connectivity index (χ1v) is 10.2. The molecular formula is C20H13Br2N5O2. The predicted molar refractivity (Wildman–Crippen MR) is 121 cm³/mol. The summed E-state index contributed by atoms with van der Waals surface area (Å²) >= 11 is 6.88. The Kier molecular flexibility index (Phi) is 4.04. The fourth-order valence-corrected chi connectivity index (χ4v) is 4.26. The van der Waals surface area contributed by atoms with Crippen molar-refractivity contribution >= 4 is 59.6 Å². The molecule has 5 rings (SSSR count). The number of nitrogens with zero attached hydrogens (tertiary/aromatic N) is 2. The number of nitrogens with two attached hydrogens (primary N) is 1. The SMILES string of the molecule is Nc1c(-n2c(=O)[nH]c3ccc(Br)cc32)cccc1-n1c(=O)[nH]c2ccc(Br)cc21. The minimum absolute atomic E-state index is 0.309. The molecule has 0 unspecified atom stereocenters. The zero-order chi connectivity index (χ0) is 20.3. The molecule has 3 aromatic carbocycles. The molecule has 7 nitrogen and oxygen atoms in total. The highest BCUT2D eigenvalue weighted by atomic mass is 79.9. The molecule has 0 aliphatic carbocycles. The Labute approximate surface area is 180 Å². The first kappa shape index (κ1) is 18.0. The number of imidazole rings is 2. The van der Waals surface area contributed by atoms with Crippen molar-refractivity contribution in [3.05, 3.63) is 84.5 Å². The highest BCUT2D eigenvalue weighted by molar-refractivity contribution is 9.10. The number of aromatic amines is 2. The summed E-state index contributed by atoms with van der Waals surface area (Å²) in [7, 11) is 0. The van der Waals surface area contributed by atoms with Crippen molar-refractivity contribution in [3.63, 3.8) is 0 Å². The number of para-hydroxylation sites is 1. The lowest BCUT2D eigenvalue weighted by atomic mass is 10.2. The standard InChI is InChI=1S/C20H13Br2N5O2/c21-10-4-6-12-16(8-10)26(19(28)24-12)14-2-1-3-15(18(14)23)27-17-9-11(22)5-7-13(17)25-20(27)29/h1-9H,23H2,(H,24,28)(H,25,29). The molecule has 144 valence electrons. The van der Waals surface area contributed by atoms with Crippen LogP contribution in [0.1, 0.15) is 0 Å². The van der Waals surface area contributed by atoms with Crippen LogP contribution in [0.5, 0.6) is 0 Å². The van der Waals surface area contributed by atoms with E-state index in [1.165, 1.54) is 9.13 Å². The van der Waals surface area contributed by atoms with Gasteiger partial charge in [-0.15, -0.1) is 0 Å². The largest absolute Gasteiger partial charge is 0.395 e. The number of aromatic nitrogens is 4. The maximum atomic E-state index is 12.7. The summed E-state index contributed by atoms with van der Waals surface area (Å²) in [6, 6.07) is 16.3. The molecule has 0 atom stereocenters. The van der Waals surface area contributed by atoms with Gasteiger partial charge >= 0.3 is 11.4 Å². The third-order valence-electron chi connectivity index (χ3n) is 4.83. The van der Waals surface area contributed by atoms with E-state index >= 15 is 0 Å². The van der Waals surface area contributed by atoms with E-state index in [0.717, 1.165) is 8.95 Å². The molecular weight excluding hydrogens is 502 g/mol. The summed E-state index contributed by atoms with van der Waals surface area (Å²) in [5, 5.41) is 0. The molecule has 0 aliphatic rings. The van der Waals surface area contributed by atoms with Crippen molar-refractivity contribution in [1.29, 1.82) is 0 Å². The van der Waals surface area contributed by atoms with Gasteiger partial charge in [-0.2, -0.15) is 0 Å². The predicted octanol–water partition coefficient (Wildman–Crippen LogP) is 4.06. The number of hydrogen-bond donors (Lipinski definition) is 3. The average Bonchev–Trinajstić information content (AvgIpc) is 3.17. The summed E-state index contributed by atoms with van der Waals surface area (Å²) in [5.74, 6) is 0. The van der Waals surface area contributed by atoms with Crippen LogP contribution in [0.4, 0.5) is 5.69 Å². The van der Waals surface area contributed by atoms with Crippen molar-refractivity contribution < 1.29 is 0 Å². The first-order valence-electron chi connectivity index (χ1n) is 8.64. The molecule has 2 heterocycles. The minimum atomic E-state index is -0.309. The second-order valence-corrected chi connectivity index (χ2v) is 8.40. The van der Waals surface area contributed by atoms with Crippen LogP contribution in [0, 0.1) is 0 Å². The lowest BCUT2D eigenvalue weighted by Crippen LogP contribution is -2.19. The Bertz CT molecular complexity index is 1430. The molecule has 0 fully saturated rings. The van der Waals surface area contributed by atoms with Gasteiger partial charge in [0.05, 0.1) is 39.1 Å². The normalized spacial score (nSPS) is 11.5. The second kappa shape index (κ2) is 6.50. The van der Waals surface area contributed by atoms with E-state index in [9.17, 15) is 9.59 Å². The number of hydrogen-bond acceptors (Lipinski definition) is 3. The average molecular weight is 515 g/mol. The van der Waals surface area contributed by atoms with Crippen molar-refractivity contribution in [3.8, 4) is 11.4 Å². The number of rotatable bonds is 2. The van der Waals surface area contributed by atoms with E-state index in [1.807, 2.05) is 36.4 Å². The Balaban J connectivity index is 1.83. The molecule has 9 heteroatoms. The van der Waals surface area contributed by atoms with Gasteiger partial charge in [0.1, 0.15) is 0 Å². The van der Waals surface area contributed by atoms with Gasteiger partial charge in [0.2, 0.25) is 0 Å². The van der Waals surface area contributed by atoms with Crippen LogP contribution in [0.25, 0.3) is 33.4 Å². The van der Waals surface area contributed by atoms with E-state index in [-0.39, 0.29) is 11.4 Å². The summed E-state index contributed by atoms with van der Waals surface area (Å²) in [4.78, 5) is 31.0. The van der Waals surface area contributed by atoms with Gasteiger partial charge in [-0.25, -0.2) is 9.59 Å².